The van der Waals surface area contributed by atoms with Crippen LogP contribution in [0.3, 0.4) is 0 Å². The smallest absolute Gasteiger partial charge is 0.336 e. The molecule has 116 valence electrons. The molecule has 1 aliphatic rings. The van der Waals surface area contributed by atoms with Crippen LogP contribution in [-0.2, 0) is 6.18 Å². The molecule has 0 saturated carbocycles. The van der Waals surface area contributed by atoms with Crippen molar-refractivity contribution >= 4 is 21.8 Å². The Morgan fingerprint density at radius 3 is 2.71 bits per heavy atom. The minimum Gasteiger partial charge on any atom is -0.336 e. The van der Waals surface area contributed by atoms with Gasteiger partial charge in [0, 0.05) is 22.6 Å². The third-order valence-corrected chi connectivity index (χ3v) is 4.57. The number of hydrogen-bond acceptors (Lipinski definition) is 1. The largest absolute Gasteiger partial charge is 0.417 e. The van der Waals surface area contributed by atoms with Crippen molar-refractivity contribution in [1.29, 1.82) is 0 Å². The van der Waals surface area contributed by atoms with Crippen LogP contribution in [0.15, 0.2) is 22.7 Å². The summed E-state index contributed by atoms with van der Waals surface area (Å²) < 4.78 is 38.7. The normalized spacial score (nSPS) is 19.7. The number of alkyl halides is 3. The summed E-state index contributed by atoms with van der Waals surface area (Å²) in [5.41, 5.74) is -0.704. The van der Waals surface area contributed by atoms with E-state index in [9.17, 15) is 18.0 Å². The van der Waals surface area contributed by atoms with Crippen molar-refractivity contribution in [2.24, 2.45) is 0 Å². The Morgan fingerprint density at radius 2 is 2.10 bits per heavy atom. The lowest BCUT2D eigenvalue weighted by molar-refractivity contribution is -0.138. The van der Waals surface area contributed by atoms with Crippen molar-refractivity contribution in [2.75, 3.05) is 6.54 Å². The maximum atomic E-state index is 12.9. The zero-order chi connectivity index (χ0) is 15.6. The van der Waals surface area contributed by atoms with E-state index >= 15 is 0 Å². The Labute approximate surface area is 130 Å². The molecule has 1 aliphatic heterocycles. The predicted octanol–water partition coefficient (Wildman–Crippen LogP) is 4.87. The standard InChI is InChI=1S/C15H17BrF3NO/c1-2-11-5-3-4-8-20(11)14(21)10-6-7-13(16)12(9-10)15(17,18)19/h6-7,9,11H,2-5,8H2,1H3. The Hall–Kier alpha value is -1.04. The molecule has 1 fully saturated rings. The number of halogens is 4. The molecule has 0 N–H and O–H groups in total. The first-order valence-corrected chi connectivity index (χ1v) is 7.81. The van der Waals surface area contributed by atoms with Crippen molar-refractivity contribution in [2.45, 2.75) is 44.8 Å². The second-order valence-corrected chi connectivity index (χ2v) is 6.10. The van der Waals surface area contributed by atoms with Crippen molar-refractivity contribution in [3.05, 3.63) is 33.8 Å². The topological polar surface area (TPSA) is 20.3 Å². The van der Waals surface area contributed by atoms with Crippen LogP contribution in [0, 0.1) is 0 Å². The second-order valence-electron chi connectivity index (χ2n) is 5.25. The van der Waals surface area contributed by atoms with Crippen molar-refractivity contribution < 1.29 is 18.0 Å². The number of rotatable bonds is 2. The maximum Gasteiger partial charge on any atom is 0.417 e. The van der Waals surface area contributed by atoms with Gasteiger partial charge < -0.3 is 4.90 Å². The molecule has 6 heteroatoms. The number of piperidine rings is 1. The Balaban J connectivity index is 2.31. The third-order valence-electron chi connectivity index (χ3n) is 3.88. The SMILES string of the molecule is CCC1CCCCN1C(=O)c1ccc(Br)c(C(F)(F)F)c1. The van der Waals surface area contributed by atoms with Crippen LogP contribution in [0.2, 0.25) is 0 Å². The average Bonchev–Trinajstić information content (AvgIpc) is 2.45. The number of carbonyl (C=O) groups excluding carboxylic acids is 1. The Kier molecular flexibility index (Phi) is 4.96. The fourth-order valence-electron chi connectivity index (χ4n) is 2.73. The van der Waals surface area contributed by atoms with Gasteiger partial charge in [0.2, 0.25) is 0 Å². The fraction of sp³-hybridized carbons (Fsp3) is 0.533. The first kappa shape index (κ1) is 16.3. The van der Waals surface area contributed by atoms with Crippen molar-refractivity contribution in [3.63, 3.8) is 0 Å². The molecule has 1 saturated heterocycles. The molecular formula is C15H17BrF3NO. The summed E-state index contributed by atoms with van der Waals surface area (Å²) in [6.45, 7) is 2.62. The molecule has 1 aromatic rings. The lowest BCUT2D eigenvalue weighted by atomic mass is 9.98. The summed E-state index contributed by atoms with van der Waals surface area (Å²) in [7, 11) is 0. The molecule has 2 rings (SSSR count). The first-order chi connectivity index (χ1) is 9.84. The number of amides is 1. The third kappa shape index (κ3) is 3.59. The van der Waals surface area contributed by atoms with Gasteiger partial charge in [-0.25, -0.2) is 0 Å². The highest BCUT2D eigenvalue weighted by Gasteiger charge is 2.34. The molecule has 0 aromatic heterocycles. The molecule has 2 nitrogen and oxygen atoms in total. The van der Waals surface area contributed by atoms with Gasteiger partial charge in [0.25, 0.3) is 5.91 Å². The van der Waals surface area contributed by atoms with Crippen LogP contribution >= 0.6 is 15.9 Å². The monoisotopic (exact) mass is 363 g/mol. The van der Waals surface area contributed by atoms with E-state index in [1.165, 1.54) is 12.1 Å². The summed E-state index contributed by atoms with van der Waals surface area (Å²) in [6, 6.07) is 3.81. The van der Waals surface area contributed by atoms with Crippen LogP contribution in [-0.4, -0.2) is 23.4 Å². The van der Waals surface area contributed by atoms with Crippen molar-refractivity contribution in [3.8, 4) is 0 Å². The van der Waals surface area contributed by atoms with Crippen LogP contribution < -0.4 is 0 Å². The zero-order valence-electron chi connectivity index (χ0n) is 11.7. The summed E-state index contributed by atoms with van der Waals surface area (Å²) >= 11 is 2.89. The van der Waals surface area contributed by atoms with Gasteiger partial charge in [-0.2, -0.15) is 13.2 Å². The van der Waals surface area contributed by atoms with E-state index in [1.54, 1.807) is 4.90 Å². The van der Waals surface area contributed by atoms with Crippen LogP contribution in [0.4, 0.5) is 13.2 Å². The van der Waals surface area contributed by atoms with Crippen molar-refractivity contribution in [1.82, 2.24) is 4.90 Å². The van der Waals surface area contributed by atoms with E-state index in [0.717, 1.165) is 31.7 Å². The summed E-state index contributed by atoms with van der Waals surface area (Å²) in [4.78, 5) is 14.2. The molecule has 1 atom stereocenters. The van der Waals surface area contributed by atoms with Crippen LogP contribution in [0.25, 0.3) is 0 Å². The highest BCUT2D eigenvalue weighted by atomic mass is 79.9. The fourth-order valence-corrected chi connectivity index (χ4v) is 3.21. The van der Waals surface area contributed by atoms with Gasteiger partial charge in [0.15, 0.2) is 0 Å². The average molecular weight is 364 g/mol. The van der Waals surface area contributed by atoms with Crippen LogP contribution in [0.5, 0.6) is 0 Å². The minimum atomic E-state index is -4.47. The van der Waals surface area contributed by atoms with E-state index < -0.39 is 11.7 Å². The number of hydrogen-bond donors (Lipinski definition) is 0. The highest BCUT2D eigenvalue weighted by molar-refractivity contribution is 9.10. The van der Waals surface area contributed by atoms with E-state index in [2.05, 4.69) is 15.9 Å². The molecule has 0 bridgehead atoms. The van der Waals surface area contributed by atoms with Crippen LogP contribution in [0.1, 0.15) is 48.5 Å². The maximum absolute atomic E-state index is 12.9. The van der Waals surface area contributed by atoms with E-state index in [0.29, 0.717) is 6.54 Å². The van der Waals surface area contributed by atoms with Gasteiger partial charge in [-0.1, -0.05) is 22.9 Å². The summed E-state index contributed by atoms with van der Waals surface area (Å²) in [6.07, 6.45) is -0.748. The van der Waals surface area contributed by atoms with Gasteiger partial charge in [0.1, 0.15) is 0 Å². The lowest BCUT2D eigenvalue weighted by Gasteiger charge is -2.35. The predicted molar refractivity (Wildman–Crippen MR) is 78.1 cm³/mol. The minimum absolute atomic E-state index is 0.0442. The number of nitrogens with zero attached hydrogens (tertiary/aromatic N) is 1. The number of carbonyl (C=O) groups is 1. The summed E-state index contributed by atoms with van der Waals surface area (Å²) in [5, 5.41) is 0. The number of likely N-dealkylation sites (tertiary alicyclic amines) is 1. The second kappa shape index (κ2) is 6.38. The molecule has 0 radical (unpaired) electrons. The molecule has 1 unspecified atom stereocenters. The molecular weight excluding hydrogens is 347 g/mol. The lowest BCUT2D eigenvalue weighted by Crippen LogP contribution is -2.43. The quantitative estimate of drug-likeness (QED) is 0.733. The molecule has 21 heavy (non-hydrogen) atoms. The van der Waals surface area contributed by atoms with Gasteiger partial charge >= 0.3 is 6.18 Å². The van der Waals surface area contributed by atoms with Gasteiger partial charge in [-0.3, -0.25) is 4.79 Å². The molecule has 1 heterocycles. The Bertz CT molecular complexity index is 530. The van der Waals surface area contributed by atoms with Gasteiger partial charge in [0.05, 0.1) is 5.56 Å². The molecule has 0 spiro atoms. The van der Waals surface area contributed by atoms with E-state index in [1.807, 2.05) is 6.92 Å². The first-order valence-electron chi connectivity index (χ1n) is 7.02. The van der Waals surface area contributed by atoms with E-state index in [4.69, 9.17) is 0 Å². The highest BCUT2D eigenvalue weighted by Crippen LogP contribution is 2.35. The number of benzene rings is 1. The molecule has 0 aliphatic carbocycles. The zero-order valence-corrected chi connectivity index (χ0v) is 13.3. The van der Waals surface area contributed by atoms with E-state index in [-0.39, 0.29) is 22.0 Å². The van der Waals surface area contributed by atoms with Gasteiger partial charge in [-0.05, 0) is 43.9 Å². The Morgan fingerprint density at radius 1 is 1.38 bits per heavy atom. The molecule has 1 aromatic carbocycles. The summed E-state index contributed by atoms with van der Waals surface area (Å²) in [5.74, 6) is -0.306. The molecule has 1 amide bonds. The van der Waals surface area contributed by atoms with Gasteiger partial charge in [-0.15, -0.1) is 0 Å².